The van der Waals surface area contributed by atoms with Crippen LogP contribution in [0.1, 0.15) is 5.56 Å². The zero-order valence-corrected chi connectivity index (χ0v) is 19.1. The van der Waals surface area contributed by atoms with E-state index in [4.69, 9.17) is 14.2 Å². The van der Waals surface area contributed by atoms with Gasteiger partial charge in [-0.1, -0.05) is 6.07 Å². The lowest BCUT2D eigenvalue weighted by Crippen LogP contribution is -2.55. The standard InChI is InChI=1S/C22H27N3O7S/c1-30-17-3-5-18(6-4-17)33(28,29)23-19(14-26)22(27)25-10-8-24(9-11-25)13-16-2-7-20-21(12-16)32-15-31-20/h2-7,12,19,23,26H,8-11,13-15H2,1H3/t19-/m0/s1. The third-order valence-electron chi connectivity index (χ3n) is 5.67. The van der Waals surface area contributed by atoms with Gasteiger partial charge in [0.2, 0.25) is 22.7 Å². The Morgan fingerprint density at radius 3 is 2.45 bits per heavy atom. The zero-order valence-electron chi connectivity index (χ0n) is 18.3. The Bertz CT molecular complexity index is 1080. The van der Waals surface area contributed by atoms with Gasteiger partial charge in [-0.25, -0.2) is 8.42 Å². The van der Waals surface area contributed by atoms with E-state index in [1.807, 2.05) is 18.2 Å². The highest BCUT2D eigenvalue weighted by Gasteiger charge is 2.31. The Hall–Kier alpha value is -2.86. The molecule has 0 saturated carbocycles. The second-order valence-electron chi connectivity index (χ2n) is 7.82. The molecule has 2 aromatic carbocycles. The molecular weight excluding hydrogens is 450 g/mol. The number of carbonyl (C=O) groups excluding carboxylic acids is 1. The number of nitrogens with zero attached hydrogens (tertiary/aromatic N) is 2. The maximum Gasteiger partial charge on any atom is 0.243 e. The Labute approximate surface area is 192 Å². The number of aliphatic hydroxyl groups is 1. The number of aliphatic hydroxyl groups excluding tert-OH is 1. The average Bonchev–Trinajstić information content (AvgIpc) is 3.30. The summed E-state index contributed by atoms with van der Waals surface area (Å²) in [7, 11) is -2.50. The van der Waals surface area contributed by atoms with Gasteiger partial charge in [-0.15, -0.1) is 0 Å². The molecule has 0 aliphatic carbocycles. The van der Waals surface area contributed by atoms with E-state index in [2.05, 4.69) is 9.62 Å². The van der Waals surface area contributed by atoms with Crippen LogP contribution in [-0.4, -0.2) is 82.0 Å². The molecule has 1 saturated heterocycles. The van der Waals surface area contributed by atoms with Crippen molar-refractivity contribution >= 4 is 15.9 Å². The van der Waals surface area contributed by atoms with Crippen LogP contribution in [0, 0.1) is 0 Å². The van der Waals surface area contributed by atoms with Gasteiger partial charge in [0.1, 0.15) is 11.8 Å². The van der Waals surface area contributed by atoms with Crippen molar-refractivity contribution < 1.29 is 32.5 Å². The topological polar surface area (TPSA) is 118 Å². The first-order valence-electron chi connectivity index (χ1n) is 10.6. The molecule has 0 aromatic heterocycles. The molecule has 11 heteroatoms. The number of fused-ring (bicyclic) bond motifs is 1. The van der Waals surface area contributed by atoms with E-state index in [0.29, 0.717) is 38.5 Å². The quantitative estimate of drug-likeness (QED) is 0.561. The van der Waals surface area contributed by atoms with E-state index >= 15 is 0 Å². The molecule has 2 heterocycles. The monoisotopic (exact) mass is 477 g/mol. The third kappa shape index (κ3) is 5.38. The van der Waals surface area contributed by atoms with Crippen LogP contribution in [0.4, 0.5) is 0 Å². The lowest BCUT2D eigenvalue weighted by atomic mass is 10.1. The highest BCUT2D eigenvalue weighted by atomic mass is 32.2. The molecule has 0 unspecified atom stereocenters. The van der Waals surface area contributed by atoms with Crippen molar-refractivity contribution in [2.24, 2.45) is 0 Å². The minimum atomic E-state index is -3.98. The van der Waals surface area contributed by atoms with Gasteiger partial charge in [0, 0.05) is 32.7 Å². The van der Waals surface area contributed by atoms with E-state index in [0.717, 1.165) is 17.1 Å². The zero-order chi connectivity index (χ0) is 23.4. The second-order valence-corrected chi connectivity index (χ2v) is 9.54. The highest BCUT2D eigenvalue weighted by Crippen LogP contribution is 2.32. The lowest BCUT2D eigenvalue weighted by molar-refractivity contribution is -0.135. The van der Waals surface area contributed by atoms with E-state index in [1.165, 1.54) is 31.4 Å². The Kier molecular flexibility index (Phi) is 7.03. The number of hydrogen-bond acceptors (Lipinski definition) is 8. The number of benzene rings is 2. The largest absolute Gasteiger partial charge is 0.497 e. The summed E-state index contributed by atoms with van der Waals surface area (Å²) in [6, 6.07) is 10.4. The van der Waals surface area contributed by atoms with Gasteiger partial charge < -0.3 is 24.2 Å². The summed E-state index contributed by atoms with van der Waals surface area (Å²) in [4.78, 5) is 16.7. The number of nitrogens with one attached hydrogen (secondary N) is 1. The van der Waals surface area contributed by atoms with Crippen LogP contribution < -0.4 is 18.9 Å². The minimum absolute atomic E-state index is 0.0110. The number of hydrogen-bond donors (Lipinski definition) is 2. The fraction of sp³-hybridized carbons (Fsp3) is 0.409. The number of methoxy groups -OCH3 is 1. The number of piperazine rings is 1. The molecule has 2 N–H and O–H groups in total. The molecule has 4 rings (SSSR count). The van der Waals surface area contributed by atoms with E-state index in [9.17, 15) is 18.3 Å². The fourth-order valence-corrected chi connectivity index (χ4v) is 5.00. The first kappa shape index (κ1) is 23.3. The Morgan fingerprint density at radius 2 is 1.79 bits per heavy atom. The Balaban J connectivity index is 1.32. The third-order valence-corrected chi connectivity index (χ3v) is 7.16. The predicted octanol–water partition coefficient (Wildman–Crippen LogP) is 0.408. The SMILES string of the molecule is COc1ccc(S(=O)(=O)N[C@@H](CO)C(=O)N2CCN(Cc3ccc4c(c3)OCO4)CC2)cc1. The number of carbonyl (C=O) groups is 1. The molecule has 2 aliphatic heterocycles. The molecule has 0 spiro atoms. The van der Waals surface area contributed by atoms with Crippen LogP contribution in [0.25, 0.3) is 0 Å². The molecule has 1 fully saturated rings. The van der Waals surface area contributed by atoms with Crippen molar-refractivity contribution in [3.05, 3.63) is 48.0 Å². The van der Waals surface area contributed by atoms with Crippen molar-refractivity contribution in [3.8, 4) is 17.2 Å². The molecular formula is C22H27N3O7S. The number of ether oxygens (including phenoxy) is 3. The second kappa shape index (κ2) is 9.96. The van der Waals surface area contributed by atoms with Crippen molar-refractivity contribution in [2.45, 2.75) is 17.5 Å². The van der Waals surface area contributed by atoms with Crippen LogP contribution in [-0.2, 0) is 21.4 Å². The number of amides is 1. The summed E-state index contributed by atoms with van der Waals surface area (Å²) < 4.78 is 43.4. The van der Waals surface area contributed by atoms with Gasteiger partial charge in [0.15, 0.2) is 11.5 Å². The number of rotatable bonds is 8. The molecule has 33 heavy (non-hydrogen) atoms. The molecule has 0 bridgehead atoms. The molecule has 1 atom stereocenters. The maximum absolute atomic E-state index is 12.9. The van der Waals surface area contributed by atoms with Gasteiger partial charge in [0.05, 0.1) is 18.6 Å². The summed E-state index contributed by atoms with van der Waals surface area (Å²) in [5, 5.41) is 9.72. The fourth-order valence-electron chi connectivity index (χ4n) is 3.82. The van der Waals surface area contributed by atoms with Crippen LogP contribution in [0.5, 0.6) is 17.2 Å². The van der Waals surface area contributed by atoms with E-state index in [1.54, 1.807) is 4.90 Å². The Morgan fingerprint density at radius 1 is 1.09 bits per heavy atom. The van der Waals surface area contributed by atoms with Gasteiger partial charge >= 0.3 is 0 Å². The first-order chi connectivity index (χ1) is 15.9. The predicted molar refractivity (Wildman–Crippen MR) is 119 cm³/mol. The summed E-state index contributed by atoms with van der Waals surface area (Å²) in [6.45, 7) is 2.42. The molecule has 0 radical (unpaired) electrons. The molecule has 10 nitrogen and oxygen atoms in total. The summed E-state index contributed by atoms with van der Waals surface area (Å²) in [6.07, 6.45) is 0. The van der Waals surface area contributed by atoms with Crippen LogP contribution in [0.2, 0.25) is 0 Å². The van der Waals surface area contributed by atoms with Crippen LogP contribution >= 0.6 is 0 Å². The summed E-state index contributed by atoms with van der Waals surface area (Å²) in [5.74, 6) is 1.54. The lowest BCUT2D eigenvalue weighted by Gasteiger charge is -2.36. The first-order valence-corrected chi connectivity index (χ1v) is 12.0. The molecule has 1 amide bonds. The van der Waals surface area contributed by atoms with Crippen molar-refractivity contribution in [1.82, 2.24) is 14.5 Å². The molecule has 2 aromatic rings. The smallest absolute Gasteiger partial charge is 0.243 e. The molecule has 2 aliphatic rings. The van der Waals surface area contributed by atoms with Crippen molar-refractivity contribution in [2.75, 3.05) is 46.7 Å². The van der Waals surface area contributed by atoms with Gasteiger partial charge in [-0.3, -0.25) is 9.69 Å². The summed E-state index contributed by atoms with van der Waals surface area (Å²) in [5.41, 5.74) is 1.08. The van der Waals surface area contributed by atoms with Crippen LogP contribution in [0.15, 0.2) is 47.4 Å². The highest BCUT2D eigenvalue weighted by molar-refractivity contribution is 7.89. The normalized spacial score (nSPS) is 17.1. The van der Waals surface area contributed by atoms with E-state index in [-0.39, 0.29) is 11.7 Å². The van der Waals surface area contributed by atoms with E-state index < -0.39 is 28.6 Å². The van der Waals surface area contributed by atoms with Gasteiger partial charge in [-0.05, 0) is 42.0 Å². The average molecular weight is 478 g/mol. The van der Waals surface area contributed by atoms with Gasteiger partial charge in [-0.2, -0.15) is 4.72 Å². The van der Waals surface area contributed by atoms with Crippen LogP contribution in [0.3, 0.4) is 0 Å². The van der Waals surface area contributed by atoms with Gasteiger partial charge in [0.25, 0.3) is 0 Å². The maximum atomic E-state index is 12.9. The van der Waals surface area contributed by atoms with Crippen molar-refractivity contribution in [1.29, 1.82) is 0 Å². The van der Waals surface area contributed by atoms with Crippen molar-refractivity contribution in [3.63, 3.8) is 0 Å². The minimum Gasteiger partial charge on any atom is -0.497 e. The summed E-state index contributed by atoms with van der Waals surface area (Å²) >= 11 is 0. The number of sulfonamides is 1. The molecule has 178 valence electrons.